The molecule has 328 valence electrons. The van der Waals surface area contributed by atoms with Crippen LogP contribution in [0.4, 0.5) is 0 Å². The molecule has 0 N–H and O–H groups in total. The minimum atomic E-state index is -0.770. The highest BCUT2D eigenvalue weighted by atomic mass is 16.6. The van der Waals surface area contributed by atoms with E-state index in [-0.39, 0.29) is 31.1 Å². The van der Waals surface area contributed by atoms with Gasteiger partial charge in [-0.05, 0) is 44.9 Å². The van der Waals surface area contributed by atoms with E-state index in [2.05, 4.69) is 45.1 Å². The number of carbonyl (C=O) groups is 3. The van der Waals surface area contributed by atoms with Crippen LogP contribution in [0.1, 0.15) is 258 Å². The van der Waals surface area contributed by atoms with Crippen LogP contribution in [0.25, 0.3) is 0 Å². The fraction of sp³-hybridized carbons (Fsp3) is 0.860. The van der Waals surface area contributed by atoms with E-state index >= 15 is 0 Å². The Hall–Kier alpha value is -2.11. The number of allylic oxidation sites excluding steroid dienone is 4. The van der Waals surface area contributed by atoms with Gasteiger partial charge in [0.05, 0.1) is 0 Å². The molecule has 0 saturated carbocycles. The summed E-state index contributed by atoms with van der Waals surface area (Å²) < 4.78 is 16.7. The molecular formula is C50H92O6. The Morgan fingerprint density at radius 1 is 0.357 bits per heavy atom. The van der Waals surface area contributed by atoms with Crippen LogP contribution in [0.5, 0.6) is 0 Å². The molecule has 0 radical (unpaired) electrons. The predicted molar refractivity (Wildman–Crippen MR) is 238 cm³/mol. The second kappa shape index (κ2) is 45.6. The Balaban J connectivity index is 4.25. The van der Waals surface area contributed by atoms with Gasteiger partial charge in [0.2, 0.25) is 0 Å². The van der Waals surface area contributed by atoms with Gasteiger partial charge < -0.3 is 14.2 Å². The van der Waals surface area contributed by atoms with Crippen LogP contribution in [0, 0.1) is 0 Å². The zero-order chi connectivity index (χ0) is 40.8. The van der Waals surface area contributed by atoms with E-state index in [1.165, 1.54) is 135 Å². The zero-order valence-electron chi connectivity index (χ0n) is 37.4. The minimum absolute atomic E-state index is 0.0731. The lowest BCUT2D eigenvalue weighted by molar-refractivity contribution is -0.167. The largest absolute Gasteiger partial charge is 0.462 e. The van der Waals surface area contributed by atoms with Gasteiger partial charge in [0, 0.05) is 19.3 Å². The quantitative estimate of drug-likeness (QED) is 0.0265. The van der Waals surface area contributed by atoms with Gasteiger partial charge in [-0.2, -0.15) is 0 Å². The standard InChI is InChI=1S/C50H92O6/c1-4-7-10-13-16-18-20-22-24-25-26-28-29-31-34-37-40-43-49(52)55-46-47(45-54-48(51)42-39-36-33-15-12-9-6-3)56-50(53)44-41-38-35-32-30-27-23-21-19-17-14-11-8-5-2/h14,17,21,23,47H,4-13,15-16,18-20,22,24-46H2,1-3H3/b17-14-,23-21-. The smallest absolute Gasteiger partial charge is 0.306 e. The highest BCUT2D eigenvalue weighted by Gasteiger charge is 2.19. The van der Waals surface area contributed by atoms with Crippen molar-refractivity contribution in [3.8, 4) is 0 Å². The van der Waals surface area contributed by atoms with Crippen molar-refractivity contribution in [1.82, 2.24) is 0 Å². The second-order valence-electron chi connectivity index (χ2n) is 16.4. The first-order chi connectivity index (χ1) is 27.5. The van der Waals surface area contributed by atoms with Gasteiger partial charge in [0.25, 0.3) is 0 Å². The molecule has 0 amide bonds. The summed E-state index contributed by atoms with van der Waals surface area (Å²) in [6.07, 6.45) is 50.3. The molecule has 0 heterocycles. The molecule has 1 unspecified atom stereocenters. The van der Waals surface area contributed by atoms with Gasteiger partial charge in [0.15, 0.2) is 6.10 Å². The summed E-state index contributed by atoms with van der Waals surface area (Å²) >= 11 is 0. The third-order valence-corrected chi connectivity index (χ3v) is 10.7. The lowest BCUT2D eigenvalue weighted by Crippen LogP contribution is -2.30. The van der Waals surface area contributed by atoms with Crippen molar-refractivity contribution >= 4 is 17.9 Å². The number of hydrogen-bond donors (Lipinski definition) is 0. The van der Waals surface area contributed by atoms with Crippen molar-refractivity contribution in [3.05, 3.63) is 24.3 Å². The summed E-state index contributed by atoms with van der Waals surface area (Å²) in [7, 11) is 0. The molecule has 0 aliphatic carbocycles. The molecule has 0 rings (SSSR count). The second-order valence-corrected chi connectivity index (χ2v) is 16.4. The molecule has 56 heavy (non-hydrogen) atoms. The van der Waals surface area contributed by atoms with E-state index < -0.39 is 6.10 Å². The topological polar surface area (TPSA) is 78.9 Å². The normalized spacial score (nSPS) is 12.1. The first-order valence-corrected chi connectivity index (χ1v) is 24.3. The Morgan fingerprint density at radius 2 is 0.661 bits per heavy atom. The average molecular weight is 789 g/mol. The van der Waals surface area contributed by atoms with Crippen molar-refractivity contribution < 1.29 is 28.6 Å². The number of rotatable bonds is 44. The maximum atomic E-state index is 12.7. The maximum Gasteiger partial charge on any atom is 0.306 e. The van der Waals surface area contributed by atoms with E-state index in [0.29, 0.717) is 19.3 Å². The molecule has 1 atom stereocenters. The zero-order valence-corrected chi connectivity index (χ0v) is 37.4. The summed E-state index contributed by atoms with van der Waals surface area (Å²) in [6, 6.07) is 0. The Kier molecular flexibility index (Phi) is 43.9. The number of unbranched alkanes of at least 4 members (excludes halogenated alkanes) is 29. The maximum absolute atomic E-state index is 12.7. The Labute approximate surface area is 347 Å². The summed E-state index contributed by atoms with van der Waals surface area (Å²) in [5, 5.41) is 0. The lowest BCUT2D eigenvalue weighted by atomic mass is 10.0. The molecule has 0 aromatic heterocycles. The summed E-state index contributed by atoms with van der Waals surface area (Å²) in [6.45, 7) is 6.56. The molecule has 0 aliphatic heterocycles. The highest BCUT2D eigenvalue weighted by molar-refractivity contribution is 5.71. The van der Waals surface area contributed by atoms with Crippen LogP contribution >= 0.6 is 0 Å². The van der Waals surface area contributed by atoms with Gasteiger partial charge in [-0.1, -0.05) is 218 Å². The van der Waals surface area contributed by atoms with Gasteiger partial charge in [-0.15, -0.1) is 0 Å². The SMILES string of the molecule is CCCC/C=C\C/C=C\CCCCCCCC(=O)OC(COC(=O)CCCCCCCCC)COC(=O)CCCCCCCCCCCCCCCCCCC. The molecule has 6 nitrogen and oxygen atoms in total. The molecule has 0 saturated heterocycles. The Morgan fingerprint density at radius 3 is 1.04 bits per heavy atom. The lowest BCUT2D eigenvalue weighted by Gasteiger charge is -2.18. The van der Waals surface area contributed by atoms with Crippen molar-refractivity contribution in [3.63, 3.8) is 0 Å². The molecule has 0 aromatic rings. The molecule has 0 aliphatic rings. The Bertz CT molecular complexity index is 911. The van der Waals surface area contributed by atoms with E-state index in [0.717, 1.165) is 83.5 Å². The number of ether oxygens (including phenoxy) is 3. The molecule has 0 fully saturated rings. The van der Waals surface area contributed by atoms with Gasteiger partial charge in [0.1, 0.15) is 13.2 Å². The monoisotopic (exact) mass is 789 g/mol. The van der Waals surface area contributed by atoms with Crippen LogP contribution in [-0.4, -0.2) is 37.2 Å². The van der Waals surface area contributed by atoms with Crippen molar-refractivity contribution in [2.24, 2.45) is 0 Å². The van der Waals surface area contributed by atoms with Crippen molar-refractivity contribution in [2.75, 3.05) is 13.2 Å². The fourth-order valence-electron chi connectivity index (χ4n) is 6.99. The van der Waals surface area contributed by atoms with Crippen molar-refractivity contribution in [1.29, 1.82) is 0 Å². The van der Waals surface area contributed by atoms with Crippen LogP contribution in [-0.2, 0) is 28.6 Å². The first kappa shape index (κ1) is 53.9. The predicted octanol–water partition coefficient (Wildman–Crippen LogP) is 15.6. The summed E-state index contributed by atoms with van der Waals surface area (Å²) in [5.74, 6) is -0.885. The molecule has 0 bridgehead atoms. The van der Waals surface area contributed by atoms with Crippen LogP contribution in [0.2, 0.25) is 0 Å². The number of hydrogen-bond acceptors (Lipinski definition) is 6. The first-order valence-electron chi connectivity index (χ1n) is 24.3. The van der Waals surface area contributed by atoms with Gasteiger partial charge >= 0.3 is 17.9 Å². The number of esters is 3. The van der Waals surface area contributed by atoms with Gasteiger partial charge in [-0.3, -0.25) is 14.4 Å². The van der Waals surface area contributed by atoms with Gasteiger partial charge in [-0.25, -0.2) is 0 Å². The summed E-state index contributed by atoms with van der Waals surface area (Å²) in [4.78, 5) is 37.7. The molecule has 6 heteroatoms. The van der Waals surface area contributed by atoms with Crippen LogP contribution < -0.4 is 0 Å². The third-order valence-electron chi connectivity index (χ3n) is 10.7. The highest BCUT2D eigenvalue weighted by Crippen LogP contribution is 2.16. The van der Waals surface area contributed by atoms with E-state index in [4.69, 9.17) is 14.2 Å². The fourth-order valence-corrected chi connectivity index (χ4v) is 6.99. The van der Waals surface area contributed by atoms with E-state index in [1.807, 2.05) is 0 Å². The molecule has 0 aromatic carbocycles. The number of carbonyl (C=O) groups excluding carboxylic acids is 3. The van der Waals surface area contributed by atoms with Crippen LogP contribution in [0.3, 0.4) is 0 Å². The minimum Gasteiger partial charge on any atom is -0.462 e. The molecular weight excluding hydrogens is 697 g/mol. The van der Waals surface area contributed by atoms with Crippen LogP contribution in [0.15, 0.2) is 24.3 Å². The average Bonchev–Trinajstić information content (AvgIpc) is 3.19. The third kappa shape index (κ3) is 43.0. The van der Waals surface area contributed by atoms with Crippen molar-refractivity contribution in [2.45, 2.75) is 264 Å². The van der Waals surface area contributed by atoms with E-state index in [9.17, 15) is 14.4 Å². The summed E-state index contributed by atoms with van der Waals surface area (Å²) in [5.41, 5.74) is 0. The molecule has 0 spiro atoms. The van der Waals surface area contributed by atoms with E-state index in [1.54, 1.807) is 0 Å².